The van der Waals surface area contributed by atoms with Crippen LogP contribution in [0.2, 0.25) is 5.02 Å². The van der Waals surface area contributed by atoms with Crippen LogP contribution in [0.15, 0.2) is 22.3 Å². The largest absolute Gasteiger partial charge is 0.486 e. The second-order valence-corrected chi connectivity index (χ2v) is 5.28. The van der Waals surface area contributed by atoms with Crippen molar-refractivity contribution in [2.75, 3.05) is 13.2 Å². The molecule has 0 spiro atoms. The molecule has 0 saturated heterocycles. The molecule has 3 rings (SSSR count). The van der Waals surface area contributed by atoms with Crippen LogP contribution in [-0.2, 0) is 0 Å². The van der Waals surface area contributed by atoms with Gasteiger partial charge in [-0.15, -0.1) is 5.10 Å². The molecule has 0 fully saturated rings. The molecule has 5 nitrogen and oxygen atoms in total. The number of rotatable bonds is 2. The number of halogens is 1. The molecule has 0 aromatic heterocycles. The third-order valence-electron chi connectivity index (χ3n) is 3.51. The molecular weight excluding hydrogens is 278 g/mol. The van der Waals surface area contributed by atoms with Crippen LogP contribution in [-0.4, -0.2) is 24.8 Å². The van der Waals surface area contributed by atoms with Crippen LogP contribution in [0.3, 0.4) is 0 Å². The maximum atomic E-state index is 6.27. The summed E-state index contributed by atoms with van der Waals surface area (Å²) in [5, 5.41) is 8.78. The van der Waals surface area contributed by atoms with Crippen molar-refractivity contribution in [1.29, 1.82) is 0 Å². The number of nitrogens with zero attached hydrogens (tertiary/aromatic N) is 2. The molecule has 1 unspecified atom stereocenters. The molecule has 0 saturated carbocycles. The summed E-state index contributed by atoms with van der Waals surface area (Å²) in [4.78, 5) is 0. The standard InChI is InChI=1S/C14H16ClN3O2/c1-2-8-7-12(16)17-18-13(8)9-5-10(15)14-11(6-9)19-3-4-20-14/h5-6,8H,2-4,7H2,1H3,(H2,16,17). The van der Waals surface area contributed by atoms with Crippen molar-refractivity contribution in [3.05, 3.63) is 22.7 Å². The number of nitrogens with two attached hydrogens (primary N) is 1. The molecule has 1 atom stereocenters. The molecule has 1 aromatic carbocycles. The molecule has 20 heavy (non-hydrogen) atoms. The Kier molecular flexibility index (Phi) is 3.53. The lowest BCUT2D eigenvalue weighted by atomic mass is 9.90. The minimum atomic E-state index is 0.256. The fourth-order valence-corrected chi connectivity index (χ4v) is 2.74. The summed E-state index contributed by atoms with van der Waals surface area (Å²) in [6.07, 6.45) is 1.67. The van der Waals surface area contributed by atoms with E-state index in [-0.39, 0.29) is 5.92 Å². The minimum absolute atomic E-state index is 0.256. The van der Waals surface area contributed by atoms with Crippen LogP contribution in [0.1, 0.15) is 25.3 Å². The van der Waals surface area contributed by atoms with E-state index in [1.54, 1.807) is 0 Å². The summed E-state index contributed by atoms with van der Waals surface area (Å²) in [6, 6.07) is 3.77. The predicted octanol–water partition coefficient (Wildman–Crippen LogP) is 2.60. The van der Waals surface area contributed by atoms with Gasteiger partial charge in [-0.3, -0.25) is 0 Å². The number of ether oxygens (including phenoxy) is 2. The van der Waals surface area contributed by atoms with Crippen LogP contribution in [0, 0.1) is 5.92 Å². The quantitative estimate of drug-likeness (QED) is 0.911. The molecule has 0 radical (unpaired) electrons. The van der Waals surface area contributed by atoms with Crippen molar-refractivity contribution in [2.45, 2.75) is 19.8 Å². The number of hydrogen-bond acceptors (Lipinski definition) is 5. The lowest BCUT2D eigenvalue weighted by Gasteiger charge is -2.23. The second kappa shape index (κ2) is 5.32. The Bertz CT molecular complexity index is 598. The van der Waals surface area contributed by atoms with Crippen LogP contribution < -0.4 is 15.2 Å². The first kappa shape index (κ1) is 13.2. The Hall–Kier alpha value is -1.75. The number of amidine groups is 1. The lowest BCUT2D eigenvalue weighted by Crippen LogP contribution is -2.27. The molecule has 0 amide bonds. The number of hydrogen-bond donors (Lipinski definition) is 1. The maximum Gasteiger partial charge on any atom is 0.179 e. The van der Waals surface area contributed by atoms with E-state index in [1.807, 2.05) is 12.1 Å². The average Bonchev–Trinajstić information content (AvgIpc) is 2.47. The summed E-state index contributed by atoms with van der Waals surface area (Å²) in [6.45, 7) is 3.16. The van der Waals surface area contributed by atoms with Crippen LogP contribution in [0.5, 0.6) is 11.5 Å². The molecular formula is C14H16ClN3O2. The first-order valence-electron chi connectivity index (χ1n) is 6.68. The molecule has 1 aromatic rings. The summed E-state index contributed by atoms with van der Waals surface area (Å²) in [5.41, 5.74) is 7.58. The molecule has 0 aliphatic carbocycles. The van der Waals surface area contributed by atoms with E-state index >= 15 is 0 Å². The van der Waals surface area contributed by atoms with Gasteiger partial charge in [0.1, 0.15) is 19.0 Å². The van der Waals surface area contributed by atoms with Crippen molar-refractivity contribution in [1.82, 2.24) is 0 Å². The minimum Gasteiger partial charge on any atom is -0.486 e. The van der Waals surface area contributed by atoms with Crippen molar-refractivity contribution >= 4 is 23.1 Å². The Morgan fingerprint density at radius 1 is 1.30 bits per heavy atom. The van der Waals surface area contributed by atoms with Gasteiger partial charge in [-0.05, 0) is 18.6 Å². The summed E-state index contributed by atoms with van der Waals surface area (Å²) in [5.74, 6) is 2.10. The van der Waals surface area contributed by atoms with E-state index in [9.17, 15) is 0 Å². The zero-order chi connectivity index (χ0) is 14.1. The van der Waals surface area contributed by atoms with E-state index in [2.05, 4.69) is 17.1 Å². The Labute approximate surface area is 122 Å². The van der Waals surface area contributed by atoms with Gasteiger partial charge in [0.15, 0.2) is 11.5 Å². The Balaban J connectivity index is 2.04. The van der Waals surface area contributed by atoms with Crippen molar-refractivity contribution in [2.24, 2.45) is 21.9 Å². The molecule has 106 valence electrons. The van der Waals surface area contributed by atoms with E-state index in [1.165, 1.54) is 0 Å². The molecule has 2 aliphatic heterocycles. The first-order valence-corrected chi connectivity index (χ1v) is 7.06. The molecule has 0 bridgehead atoms. The summed E-state index contributed by atoms with van der Waals surface area (Å²) < 4.78 is 11.1. The van der Waals surface area contributed by atoms with Gasteiger partial charge in [0.25, 0.3) is 0 Å². The van der Waals surface area contributed by atoms with Gasteiger partial charge in [0, 0.05) is 17.9 Å². The van der Waals surface area contributed by atoms with E-state index < -0.39 is 0 Å². The van der Waals surface area contributed by atoms with Gasteiger partial charge < -0.3 is 15.2 Å². The molecule has 2 aliphatic rings. The summed E-state index contributed by atoms with van der Waals surface area (Å²) >= 11 is 6.27. The van der Waals surface area contributed by atoms with Gasteiger partial charge in [-0.1, -0.05) is 18.5 Å². The fraction of sp³-hybridized carbons (Fsp3) is 0.429. The summed E-state index contributed by atoms with van der Waals surface area (Å²) in [7, 11) is 0. The van der Waals surface area contributed by atoms with Crippen molar-refractivity contribution in [3.63, 3.8) is 0 Å². The topological polar surface area (TPSA) is 69.2 Å². The fourth-order valence-electron chi connectivity index (χ4n) is 2.48. The van der Waals surface area contributed by atoms with Gasteiger partial charge in [0.05, 0.1) is 10.7 Å². The Morgan fingerprint density at radius 3 is 2.90 bits per heavy atom. The highest BCUT2D eigenvalue weighted by Crippen LogP contribution is 2.39. The van der Waals surface area contributed by atoms with Gasteiger partial charge in [-0.2, -0.15) is 5.10 Å². The van der Waals surface area contributed by atoms with E-state index in [0.717, 1.165) is 24.1 Å². The zero-order valence-corrected chi connectivity index (χ0v) is 12.0. The SMILES string of the molecule is CCC1CC(N)=NN=C1c1cc(Cl)c2c(c1)OCCO2. The maximum absolute atomic E-state index is 6.27. The van der Waals surface area contributed by atoms with Crippen molar-refractivity contribution < 1.29 is 9.47 Å². The highest BCUT2D eigenvalue weighted by molar-refractivity contribution is 6.32. The normalized spacial score (nSPS) is 21.2. The third-order valence-corrected chi connectivity index (χ3v) is 3.79. The number of benzene rings is 1. The highest BCUT2D eigenvalue weighted by Gasteiger charge is 2.24. The lowest BCUT2D eigenvalue weighted by molar-refractivity contribution is 0.171. The van der Waals surface area contributed by atoms with Gasteiger partial charge >= 0.3 is 0 Å². The molecule has 2 N–H and O–H groups in total. The van der Waals surface area contributed by atoms with E-state index in [0.29, 0.717) is 35.6 Å². The van der Waals surface area contributed by atoms with Crippen LogP contribution in [0.4, 0.5) is 0 Å². The highest BCUT2D eigenvalue weighted by atomic mass is 35.5. The predicted molar refractivity (Wildman–Crippen MR) is 79.0 cm³/mol. The van der Waals surface area contributed by atoms with Crippen LogP contribution in [0.25, 0.3) is 0 Å². The monoisotopic (exact) mass is 293 g/mol. The zero-order valence-electron chi connectivity index (χ0n) is 11.2. The van der Waals surface area contributed by atoms with Crippen molar-refractivity contribution in [3.8, 4) is 11.5 Å². The second-order valence-electron chi connectivity index (χ2n) is 4.87. The van der Waals surface area contributed by atoms with Gasteiger partial charge in [0.2, 0.25) is 0 Å². The number of fused-ring (bicyclic) bond motifs is 1. The Morgan fingerprint density at radius 2 is 2.10 bits per heavy atom. The first-order chi connectivity index (χ1) is 9.69. The molecule has 6 heteroatoms. The third kappa shape index (κ3) is 2.33. The smallest absolute Gasteiger partial charge is 0.179 e. The van der Waals surface area contributed by atoms with E-state index in [4.69, 9.17) is 26.8 Å². The average molecular weight is 294 g/mol. The molecule has 2 heterocycles. The van der Waals surface area contributed by atoms with Gasteiger partial charge in [-0.25, -0.2) is 0 Å². The van der Waals surface area contributed by atoms with Crippen LogP contribution >= 0.6 is 11.6 Å².